The van der Waals surface area contributed by atoms with Gasteiger partial charge in [0.25, 0.3) is 0 Å². The second kappa shape index (κ2) is 25.3. The molecule has 0 saturated carbocycles. The lowest BCUT2D eigenvalue weighted by molar-refractivity contribution is 0.0638. The van der Waals surface area contributed by atoms with Gasteiger partial charge in [-0.25, -0.2) is 0 Å². The molecule has 49 heavy (non-hydrogen) atoms. The Hall–Kier alpha value is -0.723. The minimum Gasteiger partial charge on any atom is -0.403 e. The third-order valence-corrected chi connectivity index (χ3v) is 13.2. The summed E-state index contributed by atoms with van der Waals surface area (Å²) in [7, 11) is -1.90. The predicted octanol–water partition coefficient (Wildman–Crippen LogP) is 14.6. The van der Waals surface area contributed by atoms with Crippen LogP contribution in [0.25, 0.3) is 0 Å². The minimum atomic E-state index is -1.90. The van der Waals surface area contributed by atoms with Gasteiger partial charge in [-0.05, 0) is 98.8 Å². The Balaban J connectivity index is 1.54. The van der Waals surface area contributed by atoms with E-state index in [1.165, 1.54) is 167 Å². The molecule has 0 spiro atoms. The van der Waals surface area contributed by atoms with Gasteiger partial charge in [0, 0.05) is 15.8 Å². The standard InChI is InChI=1S/C44H75NOS2Si/c1-6-8-10-12-14-16-18-20-22-24-37-47-41-32-28-39(29-33-41)44(46-49(3,4)5,43-27-26-36-45-43)40-30-34-42(35-31-40)48-38-25-23-21-19-17-15-13-11-9-7-2/h28-35,43,45H,6-27,36-38H2,1-5H3/t43-/m0/s1. The topological polar surface area (TPSA) is 21.3 Å². The highest BCUT2D eigenvalue weighted by atomic mass is 32.2. The van der Waals surface area contributed by atoms with Gasteiger partial charge in [0.05, 0.1) is 0 Å². The fraction of sp³-hybridized carbons (Fsp3) is 0.727. The molecule has 0 unspecified atom stereocenters. The number of benzene rings is 2. The maximum atomic E-state index is 7.37. The van der Waals surface area contributed by atoms with Crippen LogP contribution < -0.4 is 5.32 Å². The lowest BCUT2D eigenvalue weighted by atomic mass is 9.79. The van der Waals surface area contributed by atoms with Gasteiger partial charge in [0.2, 0.25) is 0 Å². The van der Waals surface area contributed by atoms with Crippen molar-refractivity contribution >= 4 is 31.8 Å². The summed E-state index contributed by atoms with van der Waals surface area (Å²) in [6, 6.07) is 19.3. The molecule has 2 aromatic rings. The van der Waals surface area contributed by atoms with Gasteiger partial charge in [0.1, 0.15) is 5.60 Å². The van der Waals surface area contributed by atoms with Crippen LogP contribution in [0.1, 0.15) is 166 Å². The Morgan fingerprint density at radius 3 is 1.27 bits per heavy atom. The summed E-state index contributed by atoms with van der Waals surface area (Å²) in [5.74, 6) is 2.43. The lowest BCUT2D eigenvalue weighted by Gasteiger charge is -2.44. The molecule has 1 aliphatic heterocycles. The summed E-state index contributed by atoms with van der Waals surface area (Å²) < 4.78 is 7.37. The number of hydrogen-bond acceptors (Lipinski definition) is 4. The zero-order chi connectivity index (χ0) is 35.0. The molecule has 1 N–H and O–H groups in total. The van der Waals surface area contributed by atoms with Gasteiger partial charge < -0.3 is 9.74 Å². The average molecular weight is 726 g/mol. The fourth-order valence-electron chi connectivity index (χ4n) is 7.43. The molecule has 0 aromatic heterocycles. The van der Waals surface area contributed by atoms with Crippen molar-refractivity contribution in [3.8, 4) is 0 Å². The molecule has 1 heterocycles. The summed E-state index contributed by atoms with van der Waals surface area (Å²) in [5.41, 5.74) is 2.16. The summed E-state index contributed by atoms with van der Waals surface area (Å²) in [4.78, 5) is 2.78. The number of unbranched alkanes of at least 4 members (excludes halogenated alkanes) is 18. The van der Waals surface area contributed by atoms with Crippen molar-refractivity contribution in [3.05, 3.63) is 59.7 Å². The van der Waals surface area contributed by atoms with Crippen molar-refractivity contribution in [3.63, 3.8) is 0 Å². The molecule has 1 saturated heterocycles. The number of nitrogens with one attached hydrogen (secondary N) is 1. The quantitative estimate of drug-likeness (QED) is 0.0512. The molecule has 1 aliphatic rings. The van der Waals surface area contributed by atoms with Crippen LogP contribution in [0, 0.1) is 0 Å². The summed E-state index contributed by atoms with van der Waals surface area (Å²) >= 11 is 4.06. The SMILES string of the molecule is CCCCCCCCCCCCSc1ccc(C(O[Si](C)(C)C)(c2ccc(SCCCCCCCCCCCC)cc2)[C@@H]2CCCN2)cc1. The maximum Gasteiger partial charge on any atom is 0.185 e. The number of thioether (sulfide) groups is 2. The van der Waals surface area contributed by atoms with Gasteiger partial charge >= 0.3 is 0 Å². The van der Waals surface area contributed by atoms with Crippen molar-refractivity contribution < 1.29 is 4.43 Å². The molecular weight excluding hydrogens is 651 g/mol. The summed E-state index contributed by atoms with van der Waals surface area (Å²) in [5, 5.41) is 3.88. The molecule has 2 nitrogen and oxygen atoms in total. The smallest absolute Gasteiger partial charge is 0.185 e. The van der Waals surface area contributed by atoms with E-state index in [1.807, 2.05) is 23.5 Å². The van der Waals surface area contributed by atoms with Gasteiger partial charge in [-0.2, -0.15) is 0 Å². The molecule has 3 rings (SSSR count). The highest BCUT2D eigenvalue weighted by molar-refractivity contribution is 7.99. The molecule has 0 aliphatic carbocycles. The summed E-state index contributed by atoms with van der Waals surface area (Å²) in [6.45, 7) is 12.7. The number of rotatable bonds is 29. The van der Waals surface area contributed by atoms with E-state index in [4.69, 9.17) is 4.43 Å². The zero-order valence-corrected chi connectivity index (χ0v) is 35.2. The van der Waals surface area contributed by atoms with Crippen LogP contribution in [0.3, 0.4) is 0 Å². The molecule has 0 bridgehead atoms. The van der Waals surface area contributed by atoms with Crippen LogP contribution >= 0.6 is 23.5 Å². The average Bonchev–Trinajstić information content (AvgIpc) is 3.65. The first kappa shape index (κ1) is 42.7. The Bertz CT molecular complexity index is 1010. The highest BCUT2D eigenvalue weighted by Gasteiger charge is 2.47. The van der Waals surface area contributed by atoms with E-state index in [0.29, 0.717) is 0 Å². The van der Waals surface area contributed by atoms with Gasteiger partial charge in [-0.1, -0.05) is 154 Å². The first-order chi connectivity index (χ1) is 23.9. The van der Waals surface area contributed by atoms with E-state index < -0.39 is 13.9 Å². The first-order valence-corrected chi connectivity index (χ1v) is 26.2. The first-order valence-electron chi connectivity index (χ1n) is 20.8. The molecule has 1 fully saturated rings. The van der Waals surface area contributed by atoms with Crippen LogP contribution in [0.5, 0.6) is 0 Å². The van der Waals surface area contributed by atoms with E-state index in [-0.39, 0.29) is 6.04 Å². The van der Waals surface area contributed by atoms with Crippen LogP contribution in [0.2, 0.25) is 19.6 Å². The Morgan fingerprint density at radius 1 is 0.571 bits per heavy atom. The van der Waals surface area contributed by atoms with E-state index >= 15 is 0 Å². The summed E-state index contributed by atoms with van der Waals surface area (Å²) in [6.07, 6.45) is 30.3. The third-order valence-electron chi connectivity index (χ3n) is 10.1. The van der Waals surface area contributed by atoms with Gasteiger partial charge in [-0.15, -0.1) is 23.5 Å². The Kier molecular flexibility index (Phi) is 22.0. The number of hydrogen-bond donors (Lipinski definition) is 1. The molecular formula is C44H75NOS2Si. The second-order valence-corrected chi connectivity index (χ2v) is 22.5. The third kappa shape index (κ3) is 16.7. The van der Waals surface area contributed by atoms with Crippen LogP contribution in [0.15, 0.2) is 58.3 Å². The fourth-order valence-corrected chi connectivity index (χ4v) is 10.6. The maximum absolute atomic E-state index is 7.37. The van der Waals surface area contributed by atoms with Gasteiger partial charge in [0.15, 0.2) is 8.32 Å². The van der Waals surface area contributed by atoms with Crippen LogP contribution in [-0.2, 0) is 10.0 Å². The van der Waals surface area contributed by atoms with E-state index in [9.17, 15) is 0 Å². The molecule has 1 atom stereocenters. The van der Waals surface area contributed by atoms with Crippen molar-refractivity contribution in [1.29, 1.82) is 0 Å². The normalized spacial score (nSPS) is 15.3. The van der Waals surface area contributed by atoms with E-state index in [0.717, 1.165) is 13.0 Å². The lowest BCUT2D eigenvalue weighted by Crippen LogP contribution is -2.53. The van der Waals surface area contributed by atoms with Crippen molar-refractivity contribution in [2.45, 2.75) is 196 Å². The molecule has 0 radical (unpaired) electrons. The van der Waals surface area contributed by atoms with Crippen molar-refractivity contribution in [1.82, 2.24) is 5.32 Å². The highest BCUT2D eigenvalue weighted by Crippen LogP contribution is 2.43. The van der Waals surface area contributed by atoms with Crippen molar-refractivity contribution in [2.75, 3.05) is 18.1 Å². The molecule has 278 valence electrons. The van der Waals surface area contributed by atoms with Gasteiger partial charge in [-0.3, -0.25) is 0 Å². The van der Waals surface area contributed by atoms with Crippen LogP contribution in [0.4, 0.5) is 0 Å². The molecule has 2 aromatic carbocycles. The van der Waals surface area contributed by atoms with Crippen molar-refractivity contribution in [2.24, 2.45) is 0 Å². The molecule has 5 heteroatoms. The minimum absolute atomic E-state index is 0.287. The van der Waals surface area contributed by atoms with E-state index in [2.05, 4.69) is 87.3 Å². The monoisotopic (exact) mass is 726 g/mol. The Morgan fingerprint density at radius 2 is 0.939 bits per heavy atom. The largest absolute Gasteiger partial charge is 0.403 e. The van der Waals surface area contributed by atoms with Crippen LogP contribution in [-0.4, -0.2) is 32.4 Å². The predicted molar refractivity (Wildman–Crippen MR) is 224 cm³/mol. The second-order valence-electron chi connectivity index (χ2n) is 15.7. The molecule has 0 amide bonds. The van der Waals surface area contributed by atoms with E-state index in [1.54, 1.807) is 0 Å². The Labute approximate surface area is 314 Å². The zero-order valence-electron chi connectivity index (χ0n) is 32.6.